The number of ether oxygens (including phenoxy) is 3. The summed E-state index contributed by atoms with van der Waals surface area (Å²) in [5.41, 5.74) is 3.45. The van der Waals surface area contributed by atoms with Crippen molar-refractivity contribution in [2.24, 2.45) is 0 Å². The van der Waals surface area contributed by atoms with Crippen LogP contribution in [0, 0.1) is 6.92 Å². The average Bonchev–Trinajstić information content (AvgIpc) is 3.17. The Labute approximate surface area is 216 Å². The Morgan fingerprint density at radius 2 is 1.46 bits per heavy atom. The number of methoxy groups -OCH3 is 3. The molecule has 0 saturated carbocycles. The number of hydrogen-bond acceptors (Lipinski definition) is 6. The second-order valence-electron chi connectivity index (χ2n) is 9.21. The average molecular weight is 502 g/mol. The van der Waals surface area contributed by atoms with Crippen molar-refractivity contribution in [2.75, 3.05) is 26.2 Å². The summed E-state index contributed by atoms with van der Waals surface area (Å²) >= 11 is 0. The summed E-state index contributed by atoms with van der Waals surface area (Å²) in [5, 5.41) is 11.4. The Hall–Kier alpha value is -4.26. The number of hydrogen-bond donors (Lipinski definition) is 1. The summed E-state index contributed by atoms with van der Waals surface area (Å²) in [5.74, 6) is 0.173. The number of anilines is 1. The number of benzene rings is 3. The first-order chi connectivity index (χ1) is 17.7. The van der Waals surface area contributed by atoms with Gasteiger partial charge < -0.3 is 19.3 Å². The third kappa shape index (κ3) is 4.65. The van der Waals surface area contributed by atoms with Crippen LogP contribution in [0.15, 0.2) is 66.2 Å². The SMILES string of the molecule is COc1ccc(/C(O)=C2/C(=O)C(=O)N(c3ccc(C(C)C)cc3)C2c2ccc(OC)c(OC)c2)cc1C. The van der Waals surface area contributed by atoms with Crippen LogP contribution in [0.2, 0.25) is 0 Å². The quantitative estimate of drug-likeness (QED) is 0.251. The van der Waals surface area contributed by atoms with Gasteiger partial charge in [-0.1, -0.05) is 32.0 Å². The van der Waals surface area contributed by atoms with Crippen molar-refractivity contribution < 1.29 is 28.9 Å². The van der Waals surface area contributed by atoms with E-state index in [2.05, 4.69) is 13.8 Å². The molecule has 1 saturated heterocycles. The van der Waals surface area contributed by atoms with Crippen LogP contribution in [-0.4, -0.2) is 38.1 Å². The normalized spacial score (nSPS) is 16.8. The monoisotopic (exact) mass is 501 g/mol. The van der Waals surface area contributed by atoms with Crippen molar-refractivity contribution >= 4 is 23.1 Å². The van der Waals surface area contributed by atoms with E-state index in [9.17, 15) is 14.7 Å². The second-order valence-corrected chi connectivity index (χ2v) is 9.21. The standard InChI is InChI=1S/C30H31NO6/c1-17(2)19-7-11-22(12-8-19)31-27(20-9-14-24(36-5)25(16-20)37-6)26(29(33)30(31)34)28(32)21-10-13-23(35-4)18(3)15-21/h7-17,27,32H,1-6H3/b28-26-. The van der Waals surface area contributed by atoms with Gasteiger partial charge in [-0.2, -0.15) is 0 Å². The lowest BCUT2D eigenvalue weighted by Crippen LogP contribution is -2.29. The highest BCUT2D eigenvalue weighted by molar-refractivity contribution is 6.51. The zero-order valence-electron chi connectivity index (χ0n) is 21.9. The minimum absolute atomic E-state index is 0.00489. The summed E-state index contributed by atoms with van der Waals surface area (Å²) in [4.78, 5) is 28.3. The number of carbonyl (C=O) groups is 2. The summed E-state index contributed by atoms with van der Waals surface area (Å²) < 4.78 is 16.2. The molecule has 1 aliphatic rings. The molecule has 7 nitrogen and oxygen atoms in total. The third-order valence-electron chi connectivity index (χ3n) is 6.67. The minimum atomic E-state index is -0.882. The number of rotatable bonds is 7. The largest absolute Gasteiger partial charge is 0.507 e. The van der Waals surface area contributed by atoms with Gasteiger partial charge in [0.05, 0.1) is 32.9 Å². The number of aliphatic hydroxyl groups excluding tert-OH is 1. The van der Waals surface area contributed by atoms with Crippen LogP contribution in [0.25, 0.3) is 5.76 Å². The molecule has 1 unspecified atom stereocenters. The number of carbonyl (C=O) groups excluding carboxylic acids is 2. The van der Waals surface area contributed by atoms with Gasteiger partial charge >= 0.3 is 0 Å². The van der Waals surface area contributed by atoms with Crippen molar-refractivity contribution in [1.29, 1.82) is 0 Å². The number of ketones is 1. The fraction of sp³-hybridized carbons (Fsp3) is 0.267. The second kappa shape index (κ2) is 10.4. The lowest BCUT2D eigenvalue weighted by atomic mass is 9.94. The first-order valence-corrected chi connectivity index (χ1v) is 12.0. The highest BCUT2D eigenvalue weighted by atomic mass is 16.5. The van der Waals surface area contributed by atoms with Gasteiger partial charge in [0.15, 0.2) is 11.5 Å². The van der Waals surface area contributed by atoms with E-state index in [1.165, 1.54) is 19.1 Å². The zero-order valence-corrected chi connectivity index (χ0v) is 21.9. The van der Waals surface area contributed by atoms with E-state index in [1.807, 2.05) is 31.2 Å². The Balaban J connectivity index is 1.94. The fourth-order valence-electron chi connectivity index (χ4n) is 4.64. The Morgan fingerprint density at radius 3 is 2.03 bits per heavy atom. The summed E-state index contributed by atoms with van der Waals surface area (Å²) in [6, 6.07) is 17.0. The smallest absolute Gasteiger partial charge is 0.300 e. The molecule has 0 radical (unpaired) electrons. The van der Waals surface area contributed by atoms with Crippen LogP contribution in [0.3, 0.4) is 0 Å². The number of amides is 1. The number of aliphatic hydroxyl groups is 1. The number of Topliss-reactive ketones (excluding diaryl/α,β-unsaturated/α-hetero) is 1. The van der Waals surface area contributed by atoms with Gasteiger partial charge in [-0.3, -0.25) is 14.5 Å². The van der Waals surface area contributed by atoms with Crippen LogP contribution >= 0.6 is 0 Å². The van der Waals surface area contributed by atoms with Crippen molar-refractivity contribution in [2.45, 2.75) is 32.7 Å². The molecule has 1 fully saturated rings. The lowest BCUT2D eigenvalue weighted by Gasteiger charge is -2.26. The van der Waals surface area contributed by atoms with E-state index in [0.29, 0.717) is 40.0 Å². The van der Waals surface area contributed by atoms with Gasteiger partial charge in [-0.05, 0) is 72.0 Å². The Kier molecular flexibility index (Phi) is 7.25. The molecule has 4 rings (SSSR count). The van der Waals surface area contributed by atoms with E-state index in [1.54, 1.807) is 43.5 Å². The van der Waals surface area contributed by atoms with Crippen LogP contribution in [0.1, 0.15) is 48.1 Å². The van der Waals surface area contributed by atoms with Gasteiger partial charge in [0, 0.05) is 11.3 Å². The molecule has 7 heteroatoms. The third-order valence-corrected chi connectivity index (χ3v) is 6.67. The molecular formula is C30H31NO6. The molecule has 1 heterocycles. The molecule has 0 aliphatic carbocycles. The van der Waals surface area contributed by atoms with Gasteiger partial charge in [0.25, 0.3) is 11.7 Å². The van der Waals surface area contributed by atoms with Gasteiger partial charge in [-0.15, -0.1) is 0 Å². The molecule has 1 N–H and O–H groups in total. The fourth-order valence-corrected chi connectivity index (χ4v) is 4.64. The maximum absolute atomic E-state index is 13.5. The van der Waals surface area contributed by atoms with Crippen molar-refractivity contribution in [1.82, 2.24) is 0 Å². The highest BCUT2D eigenvalue weighted by Gasteiger charge is 2.47. The molecule has 0 aromatic heterocycles. The van der Waals surface area contributed by atoms with E-state index in [0.717, 1.165) is 11.1 Å². The molecule has 192 valence electrons. The molecule has 3 aromatic carbocycles. The maximum Gasteiger partial charge on any atom is 0.300 e. The topological polar surface area (TPSA) is 85.3 Å². The minimum Gasteiger partial charge on any atom is -0.507 e. The molecule has 0 bridgehead atoms. The van der Waals surface area contributed by atoms with Crippen LogP contribution in [0.4, 0.5) is 5.69 Å². The summed E-state index contributed by atoms with van der Waals surface area (Å²) in [6.07, 6.45) is 0. The molecule has 1 amide bonds. The lowest BCUT2D eigenvalue weighted by molar-refractivity contribution is -0.132. The number of nitrogens with zero attached hydrogens (tertiary/aromatic N) is 1. The Morgan fingerprint density at radius 1 is 0.838 bits per heavy atom. The first-order valence-electron chi connectivity index (χ1n) is 12.0. The van der Waals surface area contributed by atoms with E-state index < -0.39 is 17.7 Å². The van der Waals surface area contributed by atoms with Crippen LogP contribution in [-0.2, 0) is 9.59 Å². The Bertz CT molecular complexity index is 1370. The van der Waals surface area contributed by atoms with Gasteiger partial charge in [0.2, 0.25) is 0 Å². The zero-order chi connectivity index (χ0) is 26.9. The van der Waals surface area contributed by atoms with Crippen LogP contribution < -0.4 is 19.1 Å². The predicted octanol–water partition coefficient (Wildman–Crippen LogP) is 5.77. The summed E-state index contributed by atoms with van der Waals surface area (Å²) in [6.45, 7) is 6.01. The van der Waals surface area contributed by atoms with E-state index in [-0.39, 0.29) is 11.3 Å². The number of aryl methyl sites for hydroxylation is 1. The van der Waals surface area contributed by atoms with Crippen LogP contribution in [0.5, 0.6) is 17.2 Å². The van der Waals surface area contributed by atoms with E-state index in [4.69, 9.17) is 14.2 Å². The van der Waals surface area contributed by atoms with Crippen molar-refractivity contribution in [3.63, 3.8) is 0 Å². The summed E-state index contributed by atoms with van der Waals surface area (Å²) in [7, 11) is 4.62. The van der Waals surface area contributed by atoms with Gasteiger partial charge in [0.1, 0.15) is 11.5 Å². The van der Waals surface area contributed by atoms with E-state index >= 15 is 0 Å². The first kappa shape index (κ1) is 25.8. The van der Waals surface area contributed by atoms with Crippen molar-refractivity contribution in [3.8, 4) is 17.2 Å². The molecule has 1 aliphatic heterocycles. The molecule has 3 aromatic rings. The molecular weight excluding hydrogens is 470 g/mol. The molecule has 1 atom stereocenters. The van der Waals surface area contributed by atoms with Crippen molar-refractivity contribution in [3.05, 3.63) is 88.5 Å². The highest BCUT2D eigenvalue weighted by Crippen LogP contribution is 2.44. The molecule has 0 spiro atoms. The predicted molar refractivity (Wildman–Crippen MR) is 143 cm³/mol. The van der Waals surface area contributed by atoms with Gasteiger partial charge in [-0.25, -0.2) is 0 Å². The maximum atomic E-state index is 13.5. The molecule has 37 heavy (non-hydrogen) atoms.